The third-order valence-electron chi connectivity index (χ3n) is 3.87. The number of hydrogen-bond acceptors (Lipinski definition) is 3. The molecule has 1 unspecified atom stereocenters. The van der Waals surface area contributed by atoms with Crippen molar-refractivity contribution in [3.8, 4) is 0 Å². The predicted octanol–water partition coefficient (Wildman–Crippen LogP) is 0.0863. The van der Waals surface area contributed by atoms with E-state index >= 15 is 0 Å². The molecule has 6 heteroatoms. The summed E-state index contributed by atoms with van der Waals surface area (Å²) in [5.74, 6) is -1.46. The summed E-state index contributed by atoms with van der Waals surface area (Å²) in [5.41, 5.74) is 3.55. The molecule has 4 amide bonds. The van der Waals surface area contributed by atoms with Crippen LogP contribution in [-0.4, -0.2) is 47.9 Å². The van der Waals surface area contributed by atoms with Gasteiger partial charge in [0.2, 0.25) is 0 Å². The highest BCUT2D eigenvalue weighted by Crippen LogP contribution is 2.11. The molecule has 118 valence electrons. The van der Waals surface area contributed by atoms with Crippen LogP contribution < -0.4 is 4.90 Å². The molecule has 0 radical (unpaired) electrons. The first-order valence-corrected chi connectivity index (χ1v) is 7.40. The highest BCUT2D eigenvalue weighted by atomic mass is 16.2. The third-order valence-corrected chi connectivity index (χ3v) is 3.87. The summed E-state index contributed by atoms with van der Waals surface area (Å²) >= 11 is 0. The molecule has 0 aliphatic carbocycles. The van der Waals surface area contributed by atoms with Crippen LogP contribution in [0.3, 0.4) is 0 Å². The number of carbonyl (C=O) groups is 3. The van der Waals surface area contributed by atoms with Crippen molar-refractivity contribution in [1.29, 1.82) is 0 Å². The summed E-state index contributed by atoms with van der Waals surface area (Å²) < 4.78 is 0. The molecule has 1 fully saturated rings. The van der Waals surface area contributed by atoms with E-state index in [0.29, 0.717) is 6.54 Å². The first-order chi connectivity index (χ1) is 10.3. The Morgan fingerprint density at radius 1 is 1.05 bits per heavy atom. The number of hydrogen-bond donors (Lipinski definition) is 1. The molecule has 1 N–H and O–H groups in total. The monoisotopic (exact) mass is 304 g/mol. The van der Waals surface area contributed by atoms with E-state index in [1.165, 1.54) is 16.7 Å². The maximum atomic E-state index is 12.1. The van der Waals surface area contributed by atoms with Gasteiger partial charge in [-0.15, -0.1) is 0 Å². The summed E-state index contributed by atoms with van der Waals surface area (Å²) in [6.07, 6.45) is 0. The van der Waals surface area contributed by atoms with Gasteiger partial charge in [-0.1, -0.05) is 23.8 Å². The Morgan fingerprint density at radius 3 is 2.23 bits per heavy atom. The van der Waals surface area contributed by atoms with Gasteiger partial charge >= 0.3 is 17.8 Å². The molecular formula is C16H22N3O3+. The molecule has 1 aliphatic rings. The zero-order chi connectivity index (χ0) is 16.4. The lowest BCUT2D eigenvalue weighted by Crippen LogP contribution is -3.09. The van der Waals surface area contributed by atoms with Crippen LogP contribution in [0.25, 0.3) is 0 Å². The Hall–Kier alpha value is -2.21. The number of nitrogens with one attached hydrogen (secondary N) is 1. The lowest BCUT2D eigenvalue weighted by Gasteiger charge is -2.20. The maximum absolute atomic E-state index is 12.1. The second-order valence-corrected chi connectivity index (χ2v) is 5.79. The molecule has 22 heavy (non-hydrogen) atoms. The molecule has 0 bridgehead atoms. The molecule has 1 heterocycles. The fourth-order valence-corrected chi connectivity index (χ4v) is 2.66. The number of imide groups is 2. The van der Waals surface area contributed by atoms with Crippen LogP contribution in [0.4, 0.5) is 4.79 Å². The van der Waals surface area contributed by atoms with Crippen molar-refractivity contribution in [3.63, 3.8) is 0 Å². The number of benzene rings is 1. The van der Waals surface area contributed by atoms with E-state index in [1.54, 1.807) is 6.92 Å². The van der Waals surface area contributed by atoms with E-state index in [-0.39, 0.29) is 13.2 Å². The second-order valence-electron chi connectivity index (χ2n) is 5.79. The van der Waals surface area contributed by atoms with Gasteiger partial charge in [-0.25, -0.2) is 9.69 Å². The van der Waals surface area contributed by atoms with Gasteiger partial charge in [-0.05, 0) is 26.3 Å². The zero-order valence-electron chi connectivity index (χ0n) is 13.5. The van der Waals surface area contributed by atoms with Crippen molar-refractivity contribution in [2.24, 2.45) is 0 Å². The topological polar surface area (TPSA) is 62.1 Å². The fraction of sp³-hybridized carbons (Fsp3) is 0.438. The van der Waals surface area contributed by atoms with Crippen molar-refractivity contribution < 1.29 is 19.3 Å². The highest BCUT2D eigenvalue weighted by Gasteiger charge is 2.44. The van der Waals surface area contributed by atoms with E-state index < -0.39 is 17.8 Å². The molecule has 1 atom stereocenters. The predicted molar refractivity (Wildman–Crippen MR) is 81.0 cm³/mol. The average Bonchev–Trinajstić information content (AvgIpc) is 2.66. The SMILES string of the molecule is CCN1C(=O)C(=O)N(C[NH+](C)Cc2ccc(C)cc2C)C1=O. The van der Waals surface area contributed by atoms with Crippen LogP contribution in [0.5, 0.6) is 0 Å². The van der Waals surface area contributed by atoms with E-state index in [2.05, 4.69) is 12.1 Å². The number of carbonyl (C=O) groups excluding carboxylic acids is 3. The average molecular weight is 304 g/mol. The number of quaternary nitrogens is 1. The third kappa shape index (κ3) is 3.01. The number of rotatable bonds is 5. The number of amides is 4. The Morgan fingerprint density at radius 2 is 1.68 bits per heavy atom. The van der Waals surface area contributed by atoms with Crippen molar-refractivity contribution in [2.75, 3.05) is 20.3 Å². The van der Waals surface area contributed by atoms with Crippen LogP contribution in [0, 0.1) is 13.8 Å². The Bertz CT molecular complexity index is 627. The summed E-state index contributed by atoms with van der Waals surface area (Å²) in [6, 6.07) is 5.70. The minimum absolute atomic E-state index is 0.188. The Kier molecular flexibility index (Phi) is 4.61. The molecule has 2 rings (SSSR count). The maximum Gasteiger partial charge on any atom is 0.338 e. The van der Waals surface area contributed by atoms with Crippen molar-refractivity contribution in [2.45, 2.75) is 27.3 Å². The minimum Gasteiger partial charge on any atom is -0.316 e. The molecule has 1 aromatic rings. The van der Waals surface area contributed by atoms with Gasteiger partial charge < -0.3 is 4.90 Å². The number of nitrogens with zero attached hydrogens (tertiary/aromatic N) is 2. The molecule has 6 nitrogen and oxygen atoms in total. The van der Waals surface area contributed by atoms with E-state index in [1.807, 2.05) is 27.0 Å². The first kappa shape index (κ1) is 16.2. The van der Waals surface area contributed by atoms with Gasteiger partial charge in [0.1, 0.15) is 6.54 Å². The van der Waals surface area contributed by atoms with Gasteiger partial charge in [0.15, 0.2) is 6.67 Å². The van der Waals surface area contributed by atoms with Gasteiger partial charge in [-0.3, -0.25) is 14.5 Å². The summed E-state index contributed by atoms with van der Waals surface area (Å²) in [4.78, 5) is 38.6. The number of urea groups is 1. The van der Waals surface area contributed by atoms with Crippen LogP contribution in [-0.2, 0) is 16.1 Å². The van der Waals surface area contributed by atoms with Gasteiger partial charge in [-0.2, -0.15) is 0 Å². The lowest BCUT2D eigenvalue weighted by molar-refractivity contribution is -0.901. The van der Waals surface area contributed by atoms with E-state index in [9.17, 15) is 14.4 Å². The molecule has 0 saturated carbocycles. The Labute approximate surface area is 130 Å². The van der Waals surface area contributed by atoms with E-state index in [4.69, 9.17) is 0 Å². The first-order valence-electron chi connectivity index (χ1n) is 7.40. The van der Waals surface area contributed by atoms with Crippen molar-refractivity contribution in [1.82, 2.24) is 9.80 Å². The second kappa shape index (κ2) is 6.27. The molecule has 1 aliphatic heterocycles. The van der Waals surface area contributed by atoms with Crippen LogP contribution in [0.1, 0.15) is 23.6 Å². The summed E-state index contributed by atoms with van der Waals surface area (Å²) in [7, 11) is 1.90. The lowest BCUT2D eigenvalue weighted by atomic mass is 10.1. The Balaban J connectivity index is 2.06. The molecule has 0 aromatic heterocycles. The smallest absolute Gasteiger partial charge is 0.316 e. The van der Waals surface area contributed by atoms with Gasteiger partial charge in [0, 0.05) is 12.1 Å². The molecule has 0 spiro atoms. The van der Waals surface area contributed by atoms with Gasteiger partial charge in [0.05, 0.1) is 7.05 Å². The van der Waals surface area contributed by atoms with Gasteiger partial charge in [0.25, 0.3) is 0 Å². The fourth-order valence-electron chi connectivity index (χ4n) is 2.66. The summed E-state index contributed by atoms with van der Waals surface area (Å²) in [6.45, 7) is 6.86. The standard InChI is InChI=1S/C16H21N3O3/c1-5-18-14(20)15(21)19(16(18)22)10-17(4)9-13-7-6-11(2)8-12(13)3/h6-8H,5,9-10H2,1-4H3/p+1. The van der Waals surface area contributed by atoms with Crippen LogP contribution >= 0.6 is 0 Å². The molecule has 1 saturated heterocycles. The highest BCUT2D eigenvalue weighted by molar-refractivity contribution is 6.44. The van der Waals surface area contributed by atoms with Crippen LogP contribution in [0.15, 0.2) is 18.2 Å². The van der Waals surface area contributed by atoms with E-state index in [0.717, 1.165) is 14.7 Å². The largest absolute Gasteiger partial charge is 0.338 e. The number of likely N-dealkylation sites (N-methyl/N-ethyl adjacent to an activating group) is 1. The quantitative estimate of drug-likeness (QED) is 0.619. The normalized spacial score (nSPS) is 16.6. The van der Waals surface area contributed by atoms with Crippen molar-refractivity contribution >= 4 is 17.8 Å². The summed E-state index contributed by atoms with van der Waals surface area (Å²) in [5, 5.41) is 0. The van der Waals surface area contributed by atoms with Crippen LogP contribution in [0.2, 0.25) is 0 Å². The molecular weight excluding hydrogens is 282 g/mol. The number of aryl methyl sites for hydroxylation is 2. The zero-order valence-corrected chi connectivity index (χ0v) is 13.5. The van der Waals surface area contributed by atoms with Crippen molar-refractivity contribution in [3.05, 3.63) is 34.9 Å². The minimum atomic E-state index is -0.730. The molecule has 1 aromatic carbocycles.